The number of rotatable bonds is 6. The zero-order valence-corrected chi connectivity index (χ0v) is 12.6. The zero-order chi connectivity index (χ0) is 15.5. The summed E-state index contributed by atoms with van der Waals surface area (Å²) < 4.78 is 38.5. The van der Waals surface area contributed by atoms with Crippen molar-refractivity contribution in [3.8, 4) is 0 Å². The summed E-state index contributed by atoms with van der Waals surface area (Å²) in [5.41, 5.74) is 1.19. The van der Waals surface area contributed by atoms with Crippen LogP contribution in [0.25, 0.3) is 10.9 Å². The van der Waals surface area contributed by atoms with Crippen LogP contribution in [0.5, 0.6) is 0 Å². The fourth-order valence-electron chi connectivity index (χ4n) is 2.76. The number of aromatic nitrogens is 1. The molecule has 4 heteroatoms. The smallest absolute Gasteiger partial charge is 0.361 e. The minimum Gasteiger partial charge on any atom is -0.361 e. The second-order valence-electron chi connectivity index (χ2n) is 5.75. The van der Waals surface area contributed by atoms with Gasteiger partial charge < -0.3 is 4.98 Å². The van der Waals surface area contributed by atoms with Gasteiger partial charge in [-0.2, -0.15) is 13.2 Å². The molecule has 1 aromatic carbocycles. The van der Waals surface area contributed by atoms with Crippen LogP contribution >= 0.6 is 0 Å². The van der Waals surface area contributed by atoms with Gasteiger partial charge in [-0.05, 0) is 36.1 Å². The Bertz CT molecular complexity index is 583. The first kappa shape index (κ1) is 15.9. The zero-order valence-electron chi connectivity index (χ0n) is 12.6. The van der Waals surface area contributed by atoms with Crippen LogP contribution in [-0.4, -0.2) is 4.98 Å². The van der Waals surface area contributed by atoms with Crippen LogP contribution in [0.4, 0.5) is 13.2 Å². The van der Waals surface area contributed by atoms with E-state index in [1.165, 1.54) is 31.4 Å². The van der Waals surface area contributed by atoms with Crippen molar-refractivity contribution in [3.63, 3.8) is 0 Å². The standard InChI is InChI=1S/C17H22F3N/c1-3-4-5-6-7-12(2)15-11-21-16-9-8-13(10-14(15)16)17(18,19)20/h8-12,21H,3-7H2,1-2H3. The van der Waals surface area contributed by atoms with E-state index in [1.807, 2.05) is 6.20 Å². The van der Waals surface area contributed by atoms with Crippen LogP contribution in [0.15, 0.2) is 24.4 Å². The third-order valence-electron chi connectivity index (χ3n) is 4.06. The molecule has 2 aromatic rings. The van der Waals surface area contributed by atoms with Gasteiger partial charge >= 0.3 is 6.18 Å². The van der Waals surface area contributed by atoms with E-state index < -0.39 is 11.7 Å². The Morgan fingerprint density at radius 3 is 2.57 bits per heavy atom. The molecule has 0 saturated heterocycles. The molecular formula is C17H22F3N. The maximum Gasteiger partial charge on any atom is 0.416 e. The van der Waals surface area contributed by atoms with Crippen molar-refractivity contribution in [2.24, 2.45) is 0 Å². The Labute approximate surface area is 123 Å². The minimum absolute atomic E-state index is 0.277. The quantitative estimate of drug-likeness (QED) is 0.606. The molecule has 1 atom stereocenters. The summed E-state index contributed by atoms with van der Waals surface area (Å²) in [6, 6.07) is 3.92. The number of unbranched alkanes of at least 4 members (excludes halogenated alkanes) is 3. The number of halogens is 3. The average molecular weight is 297 g/mol. The molecule has 2 rings (SSSR count). The molecule has 0 spiro atoms. The maximum absolute atomic E-state index is 12.8. The number of fused-ring (bicyclic) bond motifs is 1. The highest BCUT2D eigenvalue weighted by Crippen LogP contribution is 2.35. The fraction of sp³-hybridized carbons (Fsp3) is 0.529. The fourth-order valence-corrected chi connectivity index (χ4v) is 2.76. The van der Waals surface area contributed by atoms with E-state index in [2.05, 4.69) is 18.8 Å². The van der Waals surface area contributed by atoms with Crippen LogP contribution in [0.1, 0.15) is 63.0 Å². The molecule has 0 amide bonds. The lowest BCUT2D eigenvalue weighted by Crippen LogP contribution is -2.04. The van der Waals surface area contributed by atoms with E-state index in [0.717, 1.165) is 30.0 Å². The van der Waals surface area contributed by atoms with Gasteiger partial charge in [0.05, 0.1) is 5.56 Å². The monoisotopic (exact) mass is 297 g/mol. The lowest BCUT2D eigenvalue weighted by Gasteiger charge is -2.12. The molecule has 0 aliphatic rings. The van der Waals surface area contributed by atoms with Gasteiger partial charge in [0.2, 0.25) is 0 Å². The Morgan fingerprint density at radius 1 is 1.14 bits per heavy atom. The molecule has 0 aliphatic carbocycles. The topological polar surface area (TPSA) is 15.8 Å². The van der Waals surface area contributed by atoms with Crippen molar-refractivity contribution < 1.29 is 13.2 Å². The Morgan fingerprint density at radius 2 is 1.90 bits per heavy atom. The van der Waals surface area contributed by atoms with Crippen molar-refractivity contribution in [3.05, 3.63) is 35.5 Å². The Hall–Kier alpha value is -1.45. The van der Waals surface area contributed by atoms with Gasteiger partial charge in [0.25, 0.3) is 0 Å². The van der Waals surface area contributed by atoms with Crippen molar-refractivity contribution in [2.45, 2.75) is 58.0 Å². The van der Waals surface area contributed by atoms with E-state index in [0.29, 0.717) is 5.39 Å². The Kier molecular flexibility index (Phi) is 4.96. The second kappa shape index (κ2) is 6.54. The van der Waals surface area contributed by atoms with E-state index in [9.17, 15) is 13.2 Å². The van der Waals surface area contributed by atoms with E-state index in [-0.39, 0.29) is 5.92 Å². The third-order valence-corrected chi connectivity index (χ3v) is 4.06. The second-order valence-corrected chi connectivity index (χ2v) is 5.75. The molecule has 1 aromatic heterocycles. The first-order valence-electron chi connectivity index (χ1n) is 7.61. The summed E-state index contributed by atoms with van der Waals surface area (Å²) in [6.45, 7) is 4.26. The van der Waals surface area contributed by atoms with Crippen molar-refractivity contribution in [1.29, 1.82) is 0 Å². The summed E-state index contributed by atoms with van der Waals surface area (Å²) in [4.78, 5) is 3.08. The van der Waals surface area contributed by atoms with Gasteiger partial charge in [0, 0.05) is 17.1 Å². The normalized spacial score (nSPS) is 13.8. The molecule has 21 heavy (non-hydrogen) atoms. The lowest BCUT2D eigenvalue weighted by molar-refractivity contribution is -0.137. The van der Waals surface area contributed by atoms with Crippen LogP contribution in [0.2, 0.25) is 0 Å². The molecular weight excluding hydrogens is 275 g/mol. The largest absolute Gasteiger partial charge is 0.416 e. The van der Waals surface area contributed by atoms with Crippen molar-refractivity contribution in [2.75, 3.05) is 0 Å². The van der Waals surface area contributed by atoms with Crippen LogP contribution in [0, 0.1) is 0 Å². The van der Waals surface area contributed by atoms with Crippen molar-refractivity contribution in [1.82, 2.24) is 4.98 Å². The minimum atomic E-state index is -4.28. The first-order chi connectivity index (χ1) is 9.93. The van der Waals surface area contributed by atoms with Gasteiger partial charge in [-0.3, -0.25) is 0 Å². The molecule has 0 aliphatic heterocycles. The third kappa shape index (κ3) is 3.80. The molecule has 0 saturated carbocycles. The van der Waals surface area contributed by atoms with Crippen LogP contribution in [0.3, 0.4) is 0 Å². The van der Waals surface area contributed by atoms with Crippen LogP contribution < -0.4 is 0 Å². The predicted octanol–water partition coefficient (Wildman–Crippen LogP) is 6.26. The number of benzene rings is 1. The van der Waals surface area contributed by atoms with Gasteiger partial charge in [0.15, 0.2) is 0 Å². The lowest BCUT2D eigenvalue weighted by atomic mass is 9.94. The number of H-pyrrole nitrogens is 1. The number of aromatic amines is 1. The molecule has 116 valence electrons. The van der Waals surface area contributed by atoms with Gasteiger partial charge in [-0.25, -0.2) is 0 Å². The molecule has 0 radical (unpaired) electrons. The number of alkyl halides is 3. The molecule has 0 fully saturated rings. The van der Waals surface area contributed by atoms with Gasteiger partial charge in [-0.15, -0.1) is 0 Å². The average Bonchev–Trinajstić information content (AvgIpc) is 2.85. The van der Waals surface area contributed by atoms with E-state index in [4.69, 9.17) is 0 Å². The van der Waals surface area contributed by atoms with Gasteiger partial charge in [0.1, 0.15) is 0 Å². The number of hydrogen-bond acceptors (Lipinski definition) is 0. The molecule has 1 heterocycles. The molecule has 1 N–H and O–H groups in total. The summed E-state index contributed by atoms with van der Waals surface area (Å²) in [5, 5.41) is 0.702. The highest BCUT2D eigenvalue weighted by atomic mass is 19.4. The summed E-state index contributed by atoms with van der Waals surface area (Å²) in [7, 11) is 0. The highest BCUT2D eigenvalue weighted by molar-refractivity contribution is 5.84. The molecule has 0 bridgehead atoms. The van der Waals surface area contributed by atoms with Gasteiger partial charge in [-0.1, -0.05) is 39.5 Å². The van der Waals surface area contributed by atoms with E-state index in [1.54, 1.807) is 0 Å². The molecule has 1 nitrogen and oxygen atoms in total. The number of hydrogen-bond donors (Lipinski definition) is 1. The Balaban J connectivity index is 2.19. The maximum atomic E-state index is 12.8. The summed E-state index contributed by atoms with van der Waals surface area (Å²) in [6.07, 6.45) is 3.32. The highest BCUT2D eigenvalue weighted by Gasteiger charge is 2.30. The van der Waals surface area contributed by atoms with Crippen molar-refractivity contribution >= 4 is 10.9 Å². The summed E-state index contributed by atoms with van der Waals surface area (Å²) in [5.74, 6) is 0.277. The predicted molar refractivity (Wildman–Crippen MR) is 80.5 cm³/mol. The number of nitrogens with one attached hydrogen (secondary N) is 1. The van der Waals surface area contributed by atoms with E-state index >= 15 is 0 Å². The molecule has 1 unspecified atom stereocenters. The van der Waals surface area contributed by atoms with Crippen LogP contribution in [-0.2, 0) is 6.18 Å². The first-order valence-corrected chi connectivity index (χ1v) is 7.61. The summed E-state index contributed by atoms with van der Waals surface area (Å²) >= 11 is 0. The SMILES string of the molecule is CCCCCCC(C)c1c[nH]c2ccc(C(F)(F)F)cc12.